The van der Waals surface area contributed by atoms with Crippen molar-refractivity contribution in [3.05, 3.63) is 79.6 Å². The predicted molar refractivity (Wildman–Crippen MR) is 158 cm³/mol. The standard InChI is InChI=1S/C28H26ClN9O4S/c29-16-1-2-22(37-15-31-34-35-37)18(11-16)20-12-25(39)38-23(3-4-24(38)32-20)27-30-13-21(33-27)19-14-43-26(28(40)41)17(19)5-6-36-7-9-42-10-8-36/h1-2,11-15,23H,3-10H2,(H,30,33)(H,40,41)/t23-/m0/s1. The van der Waals surface area contributed by atoms with Crippen molar-refractivity contribution in [1.29, 1.82) is 0 Å². The average molecular weight is 620 g/mol. The van der Waals surface area contributed by atoms with Crippen LogP contribution in [0.4, 0.5) is 0 Å². The number of imidazole rings is 1. The molecule has 0 radical (unpaired) electrons. The van der Waals surface area contributed by atoms with E-state index in [1.165, 1.54) is 28.4 Å². The monoisotopic (exact) mass is 619 g/mol. The van der Waals surface area contributed by atoms with Gasteiger partial charge in [-0.3, -0.25) is 14.3 Å². The summed E-state index contributed by atoms with van der Waals surface area (Å²) in [5.74, 6) is 0.335. The van der Waals surface area contributed by atoms with Gasteiger partial charge in [0, 0.05) is 53.7 Å². The van der Waals surface area contributed by atoms with Crippen molar-refractivity contribution in [3.63, 3.8) is 0 Å². The van der Waals surface area contributed by atoms with E-state index >= 15 is 0 Å². The zero-order valence-electron chi connectivity index (χ0n) is 22.8. The molecular weight excluding hydrogens is 594 g/mol. The molecule has 0 spiro atoms. The van der Waals surface area contributed by atoms with Gasteiger partial charge in [0.25, 0.3) is 5.56 Å². The molecule has 0 bridgehead atoms. The first-order valence-corrected chi connectivity index (χ1v) is 15.1. The van der Waals surface area contributed by atoms with E-state index in [9.17, 15) is 14.7 Å². The fourth-order valence-electron chi connectivity index (χ4n) is 5.80. The van der Waals surface area contributed by atoms with Gasteiger partial charge < -0.3 is 14.8 Å². The highest BCUT2D eigenvalue weighted by molar-refractivity contribution is 7.12. The minimum atomic E-state index is -0.936. The molecule has 220 valence electrons. The number of carbonyl (C=O) groups is 1. The number of H-pyrrole nitrogens is 1. The number of morpholine rings is 1. The lowest BCUT2D eigenvalue weighted by Gasteiger charge is -2.26. The maximum Gasteiger partial charge on any atom is 0.346 e. The molecule has 0 unspecified atom stereocenters. The Morgan fingerprint density at radius 2 is 2.07 bits per heavy atom. The summed E-state index contributed by atoms with van der Waals surface area (Å²) < 4.78 is 8.61. The molecule has 2 aliphatic rings. The number of carboxylic acid groups (broad SMARTS) is 1. The van der Waals surface area contributed by atoms with Crippen LogP contribution in [0.3, 0.4) is 0 Å². The summed E-state index contributed by atoms with van der Waals surface area (Å²) in [7, 11) is 0. The fraction of sp³-hybridized carbons (Fsp3) is 0.321. The number of ether oxygens (including phenoxy) is 1. The second-order valence-electron chi connectivity index (χ2n) is 10.4. The summed E-state index contributed by atoms with van der Waals surface area (Å²) >= 11 is 7.53. The summed E-state index contributed by atoms with van der Waals surface area (Å²) in [6.45, 7) is 3.78. The number of aryl methyl sites for hydroxylation is 1. The molecule has 2 N–H and O–H groups in total. The SMILES string of the molecule is O=C(O)c1scc(-c2cnc([C@@H]3CCc4nc(-c5cc(Cl)ccc5-n5cnnn5)cc(=O)n43)[nH]2)c1CCN1CCOCC1. The largest absolute Gasteiger partial charge is 0.477 e. The van der Waals surface area contributed by atoms with Gasteiger partial charge in [0.2, 0.25) is 0 Å². The van der Waals surface area contributed by atoms with Crippen molar-refractivity contribution in [2.24, 2.45) is 0 Å². The average Bonchev–Trinajstić information content (AvgIpc) is 3.82. The molecule has 0 saturated carbocycles. The number of fused-ring (bicyclic) bond motifs is 1. The molecule has 1 aromatic carbocycles. The van der Waals surface area contributed by atoms with Crippen LogP contribution in [0.2, 0.25) is 5.02 Å². The Hall–Kier alpha value is -4.24. The van der Waals surface area contributed by atoms with Crippen LogP contribution in [-0.2, 0) is 17.6 Å². The number of rotatable bonds is 8. The number of nitrogens with zero attached hydrogens (tertiary/aromatic N) is 8. The predicted octanol–water partition coefficient (Wildman–Crippen LogP) is 3.10. The van der Waals surface area contributed by atoms with Crippen LogP contribution in [0.5, 0.6) is 0 Å². The van der Waals surface area contributed by atoms with Crippen LogP contribution in [0, 0.1) is 0 Å². The number of thiophene rings is 1. The molecule has 1 fully saturated rings. The number of benzene rings is 1. The Morgan fingerprint density at radius 3 is 2.86 bits per heavy atom. The van der Waals surface area contributed by atoms with Gasteiger partial charge in [-0.1, -0.05) is 11.6 Å². The van der Waals surface area contributed by atoms with Crippen LogP contribution in [0.25, 0.3) is 28.2 Å². The van der Waals surface area contributed by atoms with E-state index in [-0.39, 0.29) is 11.6 Å². The van der Waals surface area contributed by atoms with Gasteiger partial charge in [0.05, 0.1) is 42.5 Å². The first kappa shape index (κ1) is 27.6. The minimum absolute atomic E-state index is 0.210. The first-order valence-electron chi connectivity index (χ1n) is 13.8. The Balaban J connectivity index is 1.19. The number of aromatic amines is 1. The smallest absolute Gasteiger partial charge is 0.346 e. The highest BCUT2D eigenvalue weighted by Gasteiger charge is 2.30. The van der Waals surface area contributed by atoms with E-state index in [0.29, 0.717) is 71.0 Å². The molecule has 0 amide bonds. The van der Waals surface area contributed by atoms with E-state index < -0.39 is 5.97 Å². The number of aromatic carboxylic acids is 1. The Labute approximate surface area is 253 Å². The highest BCUT2D eigenvalue weighted by atomic mass is 35.5. The topological polar surface area (TPSA) is 157 Å². The summed E-state index contributed by atoms with van der Waals surface area (Å²) in [6, 6.07) is 6.42. The van der Waals surface area contributed by atoms with E-state index in [1.54, 1.807) is 29.0 Å². The molecule has 13 nitrogen and oxygen atoms in total. The number of tetrazole rings is 1. The Morgan fingerprint density at radius 1 is 1.21 bits per heavy atom. The maximum absolute atomic E-state index is 13.5. The normalized spacial score (nSPS) is 16.9. The first-order chi connectivity index (χ1) is 21.0. The van der Waals surface area contributed by atoms with Gasteiger partial charge in [0.15, 0.2) is 0 Å². The van der Waals surface area contributed by atoms with E-state index in [2.05, 4.69) is 30.4 Å². The number of nitrogens with one attached hydrogen (secondary N) is 1. The van der Waals surface area contributed by atoms with Gasteiger partial charge in [-0.15, -0.1) is 16.4 Å². The van der Waals surface area contributed by atoms with Crippen molar-refractivity contribution >= 4 is 28.9 Å². The van der Waals surface area contributed by atoms with Crippen molar-refractivity contribution in [1.82, 2.24) is 44.6 Å². The highest BCUT2D eigenvalue weighted by Crippen LogP contribution is 2.35. The molecule has 7 rings (SSSR count). The zero-order valence-corrected chi connectivity index (χ0v) is 24.4. The fourth-order valence-corrected chi connectivity index (χ4v) is 6.93. The zero-order chi connectivity index (χ0) is 29.5. The molecule has 2 aliphatic heterocycles. The van der Waals surface area contributed by atoms with E-state index in [4.69, 9.17) is 21.3 Å². The van der Waals surface area contributed by atoms with Crippen LogP contribution >= 0.6 is 22.9 Å². The van der Waals surface area contributed by atoms with Crippen LogP contribution in [0.1, 0.15) is 39.3 Å². The minimum Gasteiger partial charge on any atom is -0.477 e. The molecule has 0 aliphatic carbocycles. The lowest BCUT2D eigenvalue weighted by atomic mass is 10.0. The van der Waals surface area contributed by atoms with Crippen LogP contribution in [0.15, 0.2) is 47.0 Å². The lowest BCUT2D eigenvalue weighted by Crippen LogP contribution is -2.37. The second-order valence-corrected chi connectivity index (χ2v) is 11.7. The molecule has 6 heterocycles. The van der Waals surface area contributed by atoms with E-state index in [0.717, 1.165) is 36.5 Å². The third-order valence-electron chi connectivity index (χ3n) is 7.88. The molecule has 4 aromatic heterocycles. The summed E-state index contributed by atoms with van der Waals surface area (Å²) in [4.78, 5) is 41.1. The third kappa shape index (κ3) is 5.27. The van der Waals surface area contributed by atoms with Gasteiger partial charge in [-0.05, 0) is 47.0 Å². The van der Waals surface area contributed by atoms with Gasteiger partial charge >= 0.3 is 5.97 Å². The van der Waals surface area contributed by atoms with Crippen LogP contribution in [-0.4, -0.2) is 88.6 Å². The molecular formula is C28H26ClN9O4S. The van der Waals surface area contributed by atoms with Crippen molar-refractivity contribution < 1.29 is 14.6 Å². The lowest BCUT2D eigenvalue weighted by molar-refractivity contribution is 0.0384. The van der Waals surface area contributed by atoms with Gasteiger partial charge in [-0.2, -0.15) is 4.68 Å². The number of hydrogen-bond donors (Lipinski definition) is 2. The number of hydrogen-bond acceptors (Lipinski definition) is 10. The maximum atomic E-state index is 13.5. The van der Waals surface area contributed by atoms with Gasteiger partial charge in [-0.25, -0.2) is 14.8 Å². The quantitative estimate of drug-likeness (QED) is 0.264. The number of aromatic nitrogens is 8. The Bertz CT molecular complexity index is 1860. The van der Waals surface area contributed by atoms with Gasteiger partial charge in [0.1, 0.15) is 22.9 Å². The number of carboxylic acids is 1. The van der Waals surface area contributed by atoms with Crippen LogP contribution < -0.4 is 5.56 Å². The third-order valence-corrected chi connectivity index (χ3v) is 9.13. The summed E-state index contributed by atoms with van der Waals surface area (Å²) in [6.07, 6.45) is 5.01. The molecule has 1 atom stereocenters. The van der Waals surface area contributed by atoms with Crippen molar-refractivity contribution in [3.8, 4) is 28.2 Å². The molecule has 5 aromatic rings. The molecule has 15 heteroatoms. The van der Waals surface area contributed by atoms with Crippen molar-refractivity contribution in [2.45, 2.75) is 25.3 Å². The Kier molecular flexibility index (Phi) is 7.34. The van der Waals surface area contributed by atoms with Crippen molar-refractivity contribution in [2.75, 3.05) is 32.8 Å². The molecule has 43 heavy (non-hydrogen) atoms. The molecule has 1 saturated heterocycles. The summed E-state index contributed by atoms with van der Waals surface area (Å²) in [5.41, 5.74) is 3.90. The summed E-state index contributed by atoms with van der Waals surface area (Å²) in [5, 5.41) is 23.6. The second kappa shape index (κ2) is 11.4. The van der Waals surface area contributed by atoms with E-state index in [1.807, 2.05) is 5.38 Å². The number of halogens is 1.